The van der Waals surface area contributed by atoms with Gasteiger partial charge >= 0.3 is 0 Å². The van der Waals surface area contributed by atoms with Crippen LogP contribution in [0.1, 0.15) is 25.2 Å². The van der Waals surface area contributed by atoms with Crippen LogP contribution in [0.3, 0.4) is 0 Å². The lowest BCUT2D eigenvalue weighted by atomic mass is 9.96. The van der Waals surface area contributed by atoms with Crippen molar-refractivity contribution in [3.8, 4) is 11.1 Å². The van der Waals surface area contributed by atoms with E-state index in [2.05, 4.69) is 57.5 Å². The average Bonchev–Trinajstić information content (AvgIpc) is 3.20. The zero-order valence-electron chi connectivity index (χ0n) is 18.4. The second-order valence-electron chi connectivity index (χ2n) is 8.12. The summed E-state index contributed by atoms with van der Waals surface area (Å²) in [5, 5.41) is 0. The molecular weight excluding hydrogens is 386 g/mol. The van der Waals surface area contributed by atoms with Crippen molar-refractivity contribution in [2.75, 3.05) is 26.2 Å². The maximum atomic E-state index is 13.2. The molecule has 1 aromatic carbocycles. The fourth-order valence-electron chi connectivity index (χ4n) is 4.36. The van der Waals surface area contributed by atoms with E-state index in [-0.39, 0.29) is 11.8 Å². The number of aryl methyl sites for hydroxylation is 1. The summed E-state index contributed by atoms with van der Waals surface area (Å²) in [7, 11) is 0. The molecule has 0 spiro atoms. The first-order valence-corrected chi connectivity index (χ1v) is 11.2. The molecule has 2 aromatic heterocycles. The molecule has 1 saturated heterocycles. The van der Waals surface area contributed by atoms with Gasteiger partial charge in [-0.1, -0.05) is 24.3 Å². The number of amides is 1. The number of carbonyl (C=O) groups excluding carboxylic acids is 1. The highest BCUT2D eigenvalue weighted by Crippen LogP contribution is 2.22. The predicted molar refractivity (Wildman–Crippen MR) is 122 cm³/mol. The molecule has 0 bridgehead atoms. The number of benzene rings is 1. The number of imidazole rings is 1. The highest BCUT2D eigenvalue weighted by molar-refractivity contribution is 5.79. The van der Waals surface area contributed by atoms with E-state index >= 15 is 0 Å². The normalized spacial score (nSPS) is 17.7. The zero-order chi connectivity index (χ0) is 21.6. The van der Waals surface area contributed by atoms with Crippen molar-refractivity contribution in [3.63, 3.8) is 0 Å². The first-order valence-electron chi connectivity index (χ1n) is 11.2. The minimum absolute atomic E-state index is 0.0423. The quantitative estimate of drug-likeness (QED) is 0.591. The smallest absolute Gasteiger partial charge is 0.227 e. The minimum Gasteiger partial charge on any atom is -0.341 e. The molecule has 6 heteroatoms. The summed E-state index contributed by atoms with van der Waals surface area (Å²) >= 11 is 0. The molecule has 0 N–H and O–H groups in total. The third-order valence-electron chi connectivity index (χ3n) is 6.16. The predicted octanol–water partition coefficient (Wildman–Crippen LogP) is 3.49. The molecule has 6 nitrogen and oxygen atoms in total. The number of nitrogens with zero attached hydrogens (tertiary/aromatic N) is 5. The standard InChI is InChI=1S/C25H31N5O/c1-3-29-14-13-27-24(29)19-28-15-16-30(4-2)25(31)23(18-28)17-20-5-7-21(8-6-20)22-9-11-26-12-10-22/h5-14,23H,3-4,15-19H2,1-2H3/t23-/m1/s1. The van der Waals surface area contributed by atoms with Crippen LogP contribution in [0.25, 0.3) is 11.1 Å². The molecule has 1 atom stereocenters. The van der Waals surface area contributed by atoms with Crippen LogP contribution in [0.5, 0.6) is 0 Å². The maximum Gasteiger partial charge on any atom is 0.227 e. The first kappa shape index (κ1) is 21.2. The lowest BCUT2D eigenvalue weighted by Gasteiger charge is -2.23. The minimum atomic E-state index is -0.0423. The van der Waals surface area contributed by atoms with Crippen LogP contribution in [-0.2, 0) is 24.3 Å². The van der Waals surface area contributed by atoms with Gasteiger partial charge in [-0.05, 0) is 49.1 Å². The number of hydrogen-bond donors (Lipinski definition) is 0. The van der Waals surface area contributed by atoms with Crippen molar-refractivity contribution in [3.05, 3.63) is 72.6 Å². The van der Waals surface area contributed by atoms with E-state index in [0.29, 0.717) is 0 Å². The van der Waals surface area contributed by atoms with Crippen LogP contribution < -0.4 is 0 Å². The summed E-state index contributed by atoms with van der Waals surface area (Å²) in [5.74, 6) is 1.29. The van der Waals surface area contributed by atoms with Crippen LogP contribution in [0.15, 0.2) is 61.2 Å². The van der Waals surface area contributed by atoms with E-state index in [4.69, 9.17) is 0 Å². The van der Waals surface area contributed by atoms with Crippen molar-refractivity contribution in [2.45, 2.75) is 33.4 Å². The fourth-order valence-corrected chi connectivity index (χ4v) is 4.36. The molecule has 3 heterocycles. The van der Waals surface area contributed by atoms with Gasteiger partial charge in [0.15, 0.2) is 0 Å². The van der Waals surface area contributed by atoms with E-state index in [1.54, 1.807) is 0 Å². The molecule has 1 aliphatic rings. The molecule has 3 aromatic rings. The topological polar surface area (TPSA) is 54.3 Å². The third kappa shape index (κ3) is 5.02. The lowest BCUT2D eigenvalue weighted by Crippen LogP contribution is -2.37. The summed E-state index contributed by atoms with van der Waals surface area (Å²) in [4.78, 5) is 26.2. The Labute approximate surface area is 184 Å². The molecule has 0 unspecified atom stereocenters. The SMILES string of the molecule is CCN1CCN(Cc2nccn2CC)C[C@@H](Cc2ccc(-c3ccncc3)cc2)C1=O. The number of hydrogen-bond acceptors (Lipinski definition) is 4. The molecule has 0 radical (unpaired) electrons. The van der Waals surface area contributed by atoms with Crippen molar-refractivity contribution in [1.29, 1.82) is 0 Å². The van der Waals surface area contributed by atoms with Crippen LogP contribution in [0.2, 0.25) is 0 Å². The Morgan fingerprint density at radius 2 is 1.68 bits per heavy atom. The highest BCUT2D eigenvalue weighted by Gasteiger charge is 2.30. The third-order valence-corrected chi connectivity index (χ3v) is 6.16. The van der Waals surface area contributed by atoms with E-state index in [0.717, 1.165) is 57.1 Å². The first-order chi connectivity index (χ1) is 15.2. The van der Waals surface area contributed by atoms with Gasteiger partial charge in [-0.2, -0.15) is 0 Å². The number of pyridine rings is 1. The van der Waals surface area contributed by atoms with Crippen LogP contribution in [-0.4, -0.2) is 56.4 Å². The van der Waals surface area contributed by atoms with Crippen molar-refractivity contribution < 1.29 is 4.79 Å². The van der Waals surface area contributed by atoms with Gasteiger partial charge in [0.2, 0.25) is 5.91 Å². The Bertz CT molecular complexity index is 983. The number of likely N-dealkylation sites (N-methyl/N-ethyl adjacent to an activating group) is 1. The molecule has 4 rings (SSSR count). The van der Waals surface area contributed by atoms with E-state index < -0.39 is 0 Å². The summed E-state index contributed by atoms with van der Waals surface area (Å²) in [5.41, 5.74) is 3.52. The molecule has 1 fully saturated rings. The van der Waals surface area contributed by atoms with Crippen molar-refractivity contribution in [2.24, 2.45) is 5.92 Å². The Kier molecular flexibility index (Phi) is 6.77. The van der Waals surface area contributed by atoms with Gasteiger partial charge in [0.25, 0.3) is 0 Å². The molecular formula is C25H31N5O. The van der Waals surface area contributed by atoms with Crippen LogP contribution >= 0.6 is 0 Å². The van der Waals surface area contributed by atoms with Gasteiger partial charge < -0.3 is 9.47 Å². The van der Waals surface area contributed by atoms with Gasteiger partial charge in [0.05, 0.1) is 12.5 Å². The Morgan fingerprint density at radius 3 is 2.39 bits per heavy atom. The summed E-state index contributed by atoms with van der Waals surface area (Å²) in [6.45, 7) is 9.07. The van der Waals surface area contributed by atoms with E-state index in [9.17, 15) is 4.79 Å². The number of carbonyl (C=O) groups is 1. The van der Waals surface area contributed by atoms with E-state index in [1.807, 2.05) is 41.8 Å². The number of aromatic nitrogens is 3. The van der Waals surface area contributed by atoms with Gasteiger partial charge in [-0.25, -0.2) is 4.98 Å². The largest absolute Gasteiger partial charge is 0.341 e. The van der Waals surface area contributed by atoms with Gasteiger partial charge in [0, 0.05) is 57.5 Å². The Morgan fingerprint density at radius 1 is 0.935 bits per heavy atom. The molecule has 162 valence electrons. The monoisotopic (exact) mass is 417 g/mol. The fraction of sp³-hybridized carbons (Fsp3) is 0.400. The van der Waals surface area contributed by atoms with E-state index in [1.165, 1.54) is 11.1 Å². The van der Waals surface area contributed by atoms with Crippen LogP contribution in [0.4, 0.5) is 0 Å². The van der Waals surface area contributed by atoms with Gasteiger partial charge in [-0.3, -0.25) is 14.7 Å². The highest BCUT2D eigenvalue weighted by atomic mass is 16.2. The molecule has 0 saturated carbocycles. The molecule has 0 aliphatic carbocycles. The second-order valence-corrected chi connectivity index (χ2v) is 8.12. The molecule has 1 aliphatic heterocycles. The maximum absolute atomic E-state index is 13.2. The Balaban J connectivity index is 1.49. The lowest BCUT2D eigenvalue weighted by molar-refractivity contribution is -0.134. The molecule has 31 heavy (non-hydrogen) atoms. The van der Waals surface area contributed by atoms with Gasteiger partial charge in [0.1, 0.15) is 5.82 Å². The zero-order valence-corrected chi connectivity index (χ0v) is 18.4. The van der Waals surface area contributed by atoms with Crippen molar-refractivity contribution in [1.82, 2.24) is 24.3 Å². The van der Waals surface area contributed by atoms with Gasteiger partial charge in [-0.15, -0.1) is 0 Å². The van der Waals surface area contributed by atoms with Crippen molar-refractivity contribution >= 4 is 5.91 Å². The van der Waals surface area contributed by atoms with Crippen LogP contribution in [0, 0.1) is 5.92 Å². The summed E-state index contributed by atoms with van der Waals surface area (Å²) in [6.07, 6.45) is 8.27. The summed E-state index contributed by atoms with van der Waals surface area (Å²) < 4.78 is 2.18. The molecule has 1 amide bonds. The average molecular weight is 418 g/mol. The number of rotatable bonds is 7. The second kappa shape index (κ2) is 9.88. The Hall–Kier alpha value is -2.99. The summed E-state index contributed by atoms with van der Waals surface area (Å²) in [6, 6.07) is 12.6.